The summed E-state index contributed by atoms with van der Waals surface area (Å²) in [5.41, 5.74) is 5.96. The third kappa shape index (κ3) is 3.91. The van der Waals surface area contributed by atoms with Crippen LogP contribution in [0.5, 0.6) is 0 Å². The fraction of sp³-hybridized carbons (Fsp3) is 0.407. The Kier molecular flexibility index (Phi) is 5.74. The van der Waals surface area contributed by atoms with Crippen LogP contribution in [0, 0.1) is 25.7 Å². The van der Waals surface area contributed by atoms with Gasteiger partial charge >= 0.3 is 0 Å². The van der Waals surface area contributed by atoms with E-state index in [1.807, 2.05) is 50.2 Å². The number of hydrogen-bond acceptors (Lipinski definition) is 3. The number of hydrogen-bond donors (Lipinski definition) is 0. The molecule has 2 heterocycles. The molecule has 4 heteroatoms. The number of piperidine rings is 1. The summed E-state index contributed by atoms with van der Waals surface area (Å²) in [5.74, 6) is 0.544. The molecule has 0 saturated carbocycles. The minimum absolute atomic E-state index is 0.203. The van der Waals surface area contributed by atoms with Gasteiger partial charge in [0.1, 0.15) is 5.70 Å². The zero-order valence-corrected chi connectivity index (χ0v) is 19.2. The minimum atomic E-state index is -0.220. The summed E-state index contributed by atoms with van der Waals surface area (Å²) in [5, 5.41) is 0. The molecule has 2 unspecified atom stereocenters. The highest BCUT2D eigenvalue weighted by atomic mass is 16.2. The quantitative estimate of drug-likeness (QED) is 0.649. The summed E-state index contributed by atoms with van der Waals surface area (Å²) in [7, 11) is 0. The lowest BCUT2D eigenvalue weighted by molar-refractivity contribution is -0.120. The van der Waals surface area contributed by atoms with E-state index in [1.54, 1.807) is 0 Å². The van der Waals surface area contributed by atoms with Crippen molar-refractivity contribution in [1.29, 1.82) is 0 Å². The van der Waals surface area contributed by atoms with Crippen molar-refractivity contribution in [2.45, 2.75) is 47.5 Å². The van der Waals surface area contributed by atoms with Crippen LogP contribution in [0.2, 0.25) is 0 Å². The van der Waals surface area contributed by atoms with Crippen LogP contribution in [-0.2, 0) is 16.0 Å². The molecule has 1 saturated heterocycles. The third-order valence-corrected chi connectivity index (χ3v) is 6.50. The topological polar surface area (TPSA) is 40.6 Å². The fourth-order valence-electron chi connectivity index (χ4n) is 5.11. The molecule has 0 N–H and O–H groups in total. The molecule has 0 bridgehead atoms. The Bertz CT molecular complexity index is 1040. The van der Waals surface area contributed by atoms with Crippen molar-refractivity contribution in [1.82, 2.24) is 4.90 Å². The standard InChI is InChI=1S/C27H32N2O2/c1-6-21-8-10-22(11-9-21)29-26(30)24(23-12-7-17(2)14-20(23)5)25(27(29)31)28-15-18(3)13-19(4)16-28/h7-12,14,18-19H,6,13,15-16H2,1-5H3. The maximum Gasteiger partial charge on any atom is 0.282 e. The number of carbonyl (C=O) groups is 2. The molecule has 0 aromatic heterocycles. The van der Waals surface area contributed by atoms with Crippen molar-refractivity contribution in [2.75, 3.05) is 18.0 Å². The van der Waals surface area contributed by atoms with E-state index >= 15 is 0 Å². The molecule has 4 nitrogen and oxygen atoms in total. The van der Waals surface area contributed by atoms with Gasteiger partial charge in [-0.05, 0) is 67.3 Å². The van der Waals surface area contributed by atoms with Gasteiger partial charge in [-0.15, -0.1) is 0 Å². The molecule has 2 amide bonds. The predicted octanol–water partition coefficient (Wildman–Crippen LogP) is 5.13. The van der Waals surface area contributed by atoms with Crippen molar-refractivity contribution in [2.24, 2.45) is 11.8 Å². The Morgan fingerprint density at radius 1 is 0.903 bits per heavy atom. The molecule has 4 rings (SSSR count). The second-order valence-corrected chi connectivity index (χ2v) is 9.36. The van der Waals surface area contributed by atoms with Gasteiger partial charge in [0.05, 0.1) is 11.3 Å². The van der Waals surface area contributed by atoms with Gasteiger partial charge < -0.3 is 4.90 Å². The molecular weight excluding hydrogens is 384 g/mol. The van der Waals surface area contributed by atoms with E-state index in [4.69, 9.17) is 0 Å². The zero-order chi connectivity index (χ0) is 22.3. The molecular formula is C27H32N2O2. The van der Waals surface area contributed by atoms with Crippen LogP contribution < -0.4 is 4.90 Å². The molecule has 2 aliphatic rings. The SMILES string of the molecule is CCc1ccc(N2C(=O)C(c3ccc(C)cc3C)=C(N3CC(C)CC(C)C3)C2=O)cc1. The van der Waals surface area contributed by atoms with Crippen molar-refractivity contribution < 1.29 is 9.59 Å². The average Bonchev–Trinajstić information content (AvgIpc) is 2.97. The highest BCUT2D eigenvalue weighted by molar-refractivity contribution is 6.45. The summed E-state index contributed by atoms with van der Waals surface area (Å²) in [6, 6.07) is 13.9. The first-order chi connectivity index (χ1) is 14.8. The van der Waals surface area contributed by atoms with Gasteiger partial charge in [-0.2, -0.15) is 0 Å². The second kappa shape index (κ2) is 8.33. The van der Waals surface area contributed by atoms with Gasteiger partial charge in [0.15, 0.2) is 0 Å². The lowest BCUT2D eigenvalue weighted by Crippen LogP contribution is -2.42. The number of imide groups is 1. The molecule has 2 aliphatic heterocycles. The summed E-state index contributed by atoms with van der Waals surface area (Å²) in [6.45, 7) is 12.2. The molecule has 0 radical (unpaired) electrons. The number of aryl methyl sites for hydroxylation is 3. The molecule has 0 aliphatic carbocycles. The number of carbonyl (C=O) groups excluding carboxylic acids is 2. The van der Waals surface area contributed by atoms with Crippen molar-refractivity contribution in [3.05, 3.63) is 70.4 Å². The normalized spacial score (nSPS) is 22.0. The van der Waals surface area contributed by atoms with Gasteiger partial charge in [-0.25, -0.2) is 4.90 Å². The zero-order valence-electron chi connectivity index (χ0n) is 19.2. The van der Waals surface area contributed by atoms with Crippen LogP contribution >= 0.6 is 0 Å². The van der Waals surface area contributed by atoms with Crippen LogP contribution in [0.25, 0.3) is 5.57 Å². The second-order valence-electron chi connectivity index (χ2n) is 9.36. The van der Waals surface area contributed by atoms with E-state index in [1.165, 1.54) is 10.5 Å². The highest BCUT2D eigenvalue weighted by Gasteiger charge is 2.44. The van der Waals surface area contributed by atoms with Crippen LogP contribution in [0.1, 0.15) is 49.4 Å². The summed E-state index contributed by atoms with van der Waals surface area (Å²) < 4.78 is 0. The molecule has 31 heavy (non-hydrogen) atoms. The van der Waals surface area contributed by atoms with E-state index in [9.17, 15) is 9.59 Å². The Labute approximate surface area is 185 Å². The monoisotopic (exact) mass is 416 g/mol. The highest BCUT2D eigenvalue weighted by Crippen LogP contribution is 2.38. The molecule has 0 spiro atoms. The Morgan fingerprint density at radius 2 is 1.55 bits per heavy atom. The van der Waals surface area contributed by atoms with Crippen molar-refractivity contribution in [3.63, 3.8) is 0 Å². The minimum Gasteiger partial charge on any atom is -0.366 e. The Balaban J connectivity index is 1.84. The first-order valence-electron chi connectivity index (χ1n) is 11.3. The number of rotatable bonds is 4. The number of nitrogens with zero attached hydrogens (tertiary/aromatic N) is 2. The maximum atomic E-state index is 13.8. The van der Waals surface area contributed by atoms with Crippen LogP contribution in [0.4, 0.5) is 5.69 Å². The molecule has 1 fully saturated rings. The van der Waals surface area contributed by atoms with Crippen LogP contribution in [-0.4, -0.2) is 29.8 Å². The molecule has 162 valence electrons. The van der Waals surface area contributed by atoms with Crippen LogP contribution in [0.3, 0.4) is 0 Å². The van der Waals surface area contributed by atoms with Gasteiger partial charge in [0, 0.05) is 13.1 Å². The molecule has 2 aromatic rings. The third-order valence-electron chi connectivity index (χ3n) is 6.50. The van der Waals surface area contributed by atoms with Crippen molar-refractivity contribution >= 4 is 23.1 Å². The largest absolute Gasteiger partial charge is 0.366 e. The van der Waals surface area contributed by atoms with E-state index < -0.39 is 0 Å². The van der Waals surface area contributed by atoms with Gasteiger partial charge in [-0.1, -0.05) is 56.7 Å². The predicted molar refractivity (Wildman–Crippen MR) is 126 cm³/mol. The number of amides is 2. The van der Waals surface area contributed by atoms with Gasteiger partial charge in [-0.3, -0.25) is 9.59 Å². The first-order valence-corrected chi connectivity index (χ1v) is 11.3. The van der Waals surface area contributed by atoms with Gasteiger partial charge in [0.2, 0.25) is 0 Å². The molecule has 2 aromatic carbocycles. The van der Waals surface area contributed by atoms with E-state index in [-0.39, 0.29) is 11.8 Å². The average molecular weight is 417 g/mol. The Hall–Kier alpha value is -2.88. The smallest absolute Gasteiger partial charge is 0.282 e. The molecule has 2 atom stereocenters. The lowest BCUT2D eigenvalue weighted by Gasteiger charge is -2.37. The summed E-state index contributed by atoms with van der Waals surface area (Å²) in [6.07, 6.45) is 2.07. The Morgan fingerprint density at radius 3 is 2.13 bits per heavy atom. The van der Waals surface area contributed by atoms with Crippen LogP contribution in [0.15, 0.2) is 48.2 Å². The lowest BCUT2D eigenvalue weighted by atomic mass is 9.90. The van der Waals surface area contributed by atoms with E-state index in [0.717, 1.165) is 42.6 Å². The van der Waals surface area contributed by atoms with Crippen molar-refractivity contribution in [3.8, 4) is 0 Å². The summed E-state index contributed by atoms with van der Waals surface area (Å²) in [4.78, 5) is 31.0. The van der Waals surface area contributed by atoms with E-state index in [2.05, 4.69) is 31.7 Å². The maximum absolute atomic E-state index is 13.8. The number of likely N-dealkylation sites (tertiary alicyclic amines) is 1. The number of anilines is 1. The van der Waals surface area contributed by atoms with Gasteiger partial charge in [0.25, 0.3) is 11.8 Å². The fourth-order valence-corrected chi connectivity index (χ4v) is 5.11. The van der Waals surface area contributed by atoms with E-state index in [0.29, 0.717) is 28.8 Å². The summed E-state index contributed by atoms with van der Waals surface area (Å²) >= 11 is 0. The number of benzene rings is 2. The first kappa shape index (κ1) is 21.4.